The minimum atomic E-state index is -3.83. The number of esters is 1. The van der Waals surface area contributed by atoms with E-state index in [4.69, 9.17) is 4.74 Å². The van der Waals surface area contributed by atoms with Crippen molar-refractivity contribution in [3.63, 3.8) is 0 Å². The van der Waals surface area contributed by atoms with Crippen molar-refractivity contribution in [1.82, 2.24) is 0 Å². The molecule has 1 atom stereocenters. The molecule has 0 saturated heterocycles. The van der Waals surface area contributed by atoms with Crippen LogP contribution in [0.3, 0.4) is 0 Å². The lowest BCUT2D eigenvalue weighted by molar-refractivity contribution is -0.123. The van der Waals surface area contributed by atoms with Crippen LogP contribution in [0.4, 0.5) is 11.4 Å². The maximum atomic E-state index is 12.5. The highest BCUT2D eigenvalue weighted by Gasteiger charge is 2.20. The molecule has 0 aliphatic rings. The molecular weight excluding hydrogens is 468 g/mol. The minimum Gasteiger partial charge on any atom is -0.449 e. The molecule has 3 aromatic rings. The first-order valence-electron chi connectivity index (χ1n) is 10.6. The van der Waals surface area contributed by atoms with Gasteiger partial charge in [-0.2, -0.15) is 0 Å². The lowest BCUT2D eigenvalue weighted by atomic mass is 10.1. The Balaban J connectivity index is 1.62. The molecule has 35 heavy (non-hydrogen) atoms. The van der Waals surface area contributed by atoms with Gasteiger partial charge in [0, 0.05) is 16.9 Å². The zero-order valence-corrected chi connectivity index (χ0v) is 19.9. The van der Waals surface area contributed by atoms with Gasteiger partial charge in [0.1, 0.15) is 0 Å². The molecule has 0 aliphatic heterocycles. The molecule has 2 N–H and O–H groups in total. The first-order valence-corrected chi connectivity index (χ1v) is 12.2. The van der Waals surface area contributed by atoms with E-state index >= 15 is 0 Å². The number of benzene rings is 3. The number of ether oxygens (including phenoxy) is 1. The van der Waals surface area contributed by atoms with E-state index in [-0.39, 0.29) is 17.0 Å². The van der Waals surface area contributed by atoms with Gasteiger partial charge in [-0.25, -0.2) is 13.2 Å². The van der Waals surface area contributed by atoms with E-state index in [0.29, 0.717) is 11.3 Å². The van der Waals surface area contributed by atoms with Gasteiger partial charge >= 0.3 is 5.97 Å². The number of anilines is 2. The summed E-state index contributed by atoms with van der Waals surface area (Å²) in [4.78, 5) is 36.5. The second-order valence-electron chi connectivity index (χ2n) is 7.62. The van der Waals surface area contributed by atoms with Crippen molar-refractivity contribution in [2.45, 2.75) is 20.0 Å². The first-order chi connectivity index (χ1) is 16.6. The lowest BCUT2D eigenvalue weighted by Crippen LogP contribution is -2.30. The summed E-state index contributed by atoms with van der Waals surface area (Å²) in [6.45, 7) is 2.82. The van der Waals surface area contributed by atoms with Gasteiger partial charge in [0.15, 0.2) is 11.9 Å². The van der Waals surface area contributed by atoms with E-state index in [0.717, 1.165) is 11.0 Å². The fraction of sp³-hybridized carbons (Fsp3) is 0.115. The second-order valence-corrected chi connectivity index (χ2v) is 9.18. The predicted octanol–water partition coefficient (Wildman–Crippen LogP) is 4.49. The molecule has 8 nitrogen and oxygen atoms in total. The van der Waals surface area contributed by atoms with Crippen LogP contribution in [0.15, 0.2) is 84.3 Å². The van der Waals surface area contributed by atoms with Crippen LogP contribution in [-0.2, 0) is 19.6 Å². The molecule has 0 saturated carbocycles. The third-order valence-corrected chi connectivity index (χ3v) is 5.80. The van der Waals surface area contributed by atoms with Crippen LogP contribution in [0.2, 0.25) is 0 Å². The molecule has 9 heteroatoms. The molecule has 0 aromatic heterocycles. The normalized spacial score (nSPS) is 12.1. The van der Waals surface area contributed by atoms with Crippen LogP contribution in [0, 0.1) is 0 Å². The van der Waals surface area contributed by atoms with E-state index in [2.05, 4.69) is 10.0 Å². The Morgan fingerprint density at radius 3 is 2.17 bits per heavy atom. The minimum absolute atomic E-state index is 0.0652. The van der Waals surface area contributed by atoms with Gasteiger partial charge in [-0.15, -0.1) is 0 Å². The fourth-order valence-corrected chi connectivity index (χ4v) is 3.84. The van der Waals surface area contributed by atoms with Crippen LogP contribution < -0.4 is 10.0 Å². The molecule has 3 aromatic carbocycles. The zero-order valence-electron chi connectivity index (χ0n) is 19.1. The Labute approximate surface area is 203 Å². The molecule has 180 valence electrons. The number of sulfonamides is 1. The number of nitrogens with one attached hydrogen (secondary N) is 2. The Hall–Kier alpha value is -4.24. The third kappa shape index (κ3) is 7.65. The highest BCUT2D eigenvalue weighted by atomic mass is 32.2. The van der Waals surface area contributed by atoms with Crippen molar-refractivity contribution in [3.8, 4) is 0 Å². The average Bonchev–Trinajstić information content (AvgIpc) is 2.83. The average molecular weight is 493 g/mol. The summed E-state index contributed by atoms with van der Waals surface area (Å²) in [6, 6.07) is 21.1. The number of hydrogen-bond acceptors (Lipinski definition) is 6. The summed E-state index contributed by atoms with van der Waals surface area (Å²) < 4.78 is 32.4. The Morgan fingerprint density at radius 2 is 1.49 bits per heavy atom. The summed E-state index contributed by atoms with van der Waals surface area (Å²) in [7, 11) is -3.83. The van der Waals surface area contributed by atoms with Crippen molar-refractivity contribution in [2.24, 2.45) is 0 Å². The standard InChI is InChI=1S/C26H24N2O6S/c1-18(29)21-10-6-12-23(16-21)27-25(30)19(2)34-26(31)22-11-7-13-24(17-22)28-35(32,33)15-14-20-8-4-3-5-9-20/h3-17,19,28H,1-2H3,(H,27,30)/b15-14+. The molecule has 0 spiro atoms. The highest BCUT2D eigenvalue weighted by Crippen LogP contribution is 2.16. The van der Waals surface area contributed by atoms with Crippen molar-refractivity contribution < 1.29 is 27.5 Å². The van der Waals surface area contributed by atoms with Crippen molar-refractivity contribution in [2.75, 3.05) is 10.0 Å². The van der Waals surface area contributed by atoms with Gasteiger partial charge in [0.25, 0.3) is 15.9 Å². The number of carbonyl (C=O) groups excluding carboxylic acids is 3. The Morgan fingerprint density at radius 1 is 0.857 bits per heavy atom. The number of carbonyl (C=O) groups is 3. The summed E-state index contributed by atoms with van der Waals surface area (Å²) in [6.07, 6.45) is 0.310. The van der Waals surface area contributed by atoms with Crippen LogP contribution in [-0.4, -0.2) is 32.2 Å². The smallest absolute Gasteiger partial charge is 0.338 e. The molecular formula is C26H24N2O6S. The largest absolute Gasteiger partial charge is 0.449 e. The molecule has 1 amide bonds. The van der Waals surface area contributed by atoms with Crippen LogP contribution in [0.25, 0.3) is 6.08 Å². The van der Waals surface area contributed by atoms with Crippen LogP contribution in [0.1, 0.15) is 40.1 Å². The van der Waals surface area contributed by atoms with Gasteiger partial charge < -0.3 is 10.1 Å². The van der Waals surface area contributed by atoms with E-state index < -0.39 is 28.0 Å². The number of Topliss-reactive ketones (excluding diaryl/α,β-unsaturated/α-hetero) is 1. The van der Waals surface area contributed by atoms with E-state index in [1.54, 1.807) is 42.5 Å². The van der Waals surface area contributed by atoms with Crippen LogP contribution >= 0.6 is 0 Å². The Kier molecular flexibility index (Phi) is 8.17. The van der Waals surface area contributed by atoms with E-state index in [1.165, 1.54) is 50.3 Å². The van der Waals surface area contributed by atoms with E-state index in [1.807, 2.05) is 6.07 Å². The van der Waals surface area contributed by atoms with Gasteiger partial charge in [-0.3, -0.25) is 14.3 Å². The zero-order chi connectivity index (χ0) is 25.4. The molecule has 1 unspecified atom stereocenters. The van der Waals surface area contributed by atoms with Crippen molar-refractivity contribution in [3.05, 3.63) is 101 Å². The summed E-state index contributed by atoms with van der Waals surface area (Å²) >= 11 is 0. The topological polar surface area (TPSA) is 119 Å². The quantitative estimate of drug-likeness (QED) is 0.336. The third-order valence-electron chi connectivity index (χ3n) is 4.79. The molecule has 0 aliphatic carbocycles. The van der Waals surface area contributed by atoms with Crippen LogP contribution in [0.5, 0.6) is 0 Å². The monoisotopic (exact) mass is 492 g/mol. The van der Waals surface area contributed by atoms with Crippen molar-refractivity contribution >= 4 is 45.1 Å². The van der Waals surface area contributed by atoms with Gasteiger partial charge in [0.2, 0.25) is 0 Å². The van der Waals surface area contributed by atoms with Crippen molar-refractivity contribution in [1.29, 1.82) is 0 Å². The van der Waals surface area contributed by atoms with Gasteiger partial charge in [0.05, 0.1) is 11.0 Å². The first kappa shape index (κ1) is 25.4. The molecule has 0 heterocycles. The second kappa shape index (κ2) is 11.3. The van der Waals surface area contributed by atoms with E-state index in [9.17, 15) is 22.8 Å². The SMILES string of the molecule is CC(=O)c1cccc(NC(=O)C(C)OC(=O)c2cccc(NS(=O)(=O)/C=C/c3ccccc3)c2)c1. The summed E-state index contributed by atoms with van der Waals surface area (Å²) in [5.74, 6) is -1.53. The number of amides is 1. The molecule has 0 bridgehead atoms. The number of hydrogen-bond donors (Lipinski definition) is 2. The molecule has 3 rings (SSSR count). The number of rotatable bonds is 9. The molecule has 0 radical (unpaired) electrons. The van der Waals surface area contributed by atoms with Gasteiger partial charge in [-0.05, 0) is 55.8 Å². The Bertz CT molecular complexity index is 1370. The summed E-state index contributed by atoms with van der Waals surface area (Å²) in [5.41, 5.74) is 1.78. The highest BCUT2D eigenvalue weighted by molar-refractivity contribution is 7.95. The maximum Gasteiger partial charge on any atom is 0.338 e. The lowest BCUT2D eigenvalue weighted by Gasteiger charge is -2.14. The maximum absolute atomic E-state index is 12.5. The number of ketones is 1. The predicted molar refractivity (Wildman–Crippen MR) is 134 cm³/mol. The van der Waals surface area contributed by atoms with Gasteiger partial charge in [-0.1, -0.05) is 48.5 Å². The fourth-order valence-electron chi connectivity index (χ4n) is 2.98. The molecule has 0 fully saturated rings. The summed E-state index contributed by atoms with van der Waals surface area (Å²) in [5, 5.41) is 3.62.